The van der Waals surface area contributed by atoms with E-state index in [2.05, 4.69) is 10.1 Å². The normalized spacial score (nSPS) is 12.4. The van der Waals surface area contributed by atoms with E-state index >= 15 is 0 Å². The lowest BCUT2D eigenvalue weighted by molar-refractivity contribution is -0.150. The third kappa shape index (κ3) is 7.52. The number of rotatable bonds is 10. The highest BCUT2D eigenvalue weighted by atomic mass is 16.5. The van der Waals surface area contributed by atoms with Gasteiger partial charge in [-0.25, -0.2) is 4.79 Å². The zero-order valence-electron chi connectivity index (χ0n) is 14.2. The van der Waals surface area contributed by atoms with E-state index in [1.54, 1.807) is 12.1 Å². The average molecular weight is 347 g/mol. The first-order chi connectivity index (χ1) is 12.0. The van der Waals surface area contributed by atoms with Crippen molar-refractivity contribution < 1.29 is 28.6 Å². The number of esters is 1. The zero-order valence-corrected chi connectivity index (χ0v) is 14.2. The lowest BCUT2D eigenvalue weighted by Gasteiger charge is -2.19. The molecular weight excluding hydrogens is 326 g/mol. The summed E-state index contributed by atoms with van der Waals surface area (Å²) in [5, 5.41) is 2.50. The molecule has 0 bridgehead atoms. The van der Waals surface area contributed by atoms with Crippen LogP contribution in [0.3, 0.4) is 0 Å². The van der Waals surface area contributed by atoms with Gasteiger partial charge >= 0.3 is 12.2 Å². The van der Waals surface area contributed by atoms with Gasteiger partial charge in [-0.3, -0.25) is 9.59 Å². The molecule has 0 unspecified atom stereocenters. The number of carbonyl (C=O) groups is 3. The molecule has 0 spiro atoms. The van der Waals surface area contributed by atoms with E-state index in [0.29, 0.717) is 0 Å². The SMILES string of the molecule is CO[C@@H](C)C(=O)N[C@@H](CCC(=O)C=[N+]=[N-])C(=O)OCc1ccccc1. The molecule has 8 heteroatoms. The van der Waals surface area contributed by atoms with Crippen LogP contribution in [0.2, 0.25) is 0 Å². The summed E-state index contributed by atoms with van der Waals surface area (Å²) < 4.78 is 10.1. The zero-order chi connectivity index (χ0) is 18.7. The summed E-state index contributed by atoms with van der Waals surface area (Å²) in [5.41, 5.74) is 9.14. The number of benzene rings is 1. The van der Waals surface area contributed by atoms with Crippen LogP contribution >= 0.6 is 0 Å². The Labute approximate surface area is 145 Å². The van der Waals surface area contributed by atoms with E-state index < -0.39 is 29.8 Å². The summed E-state index contributed by atoms with van der Waals surface area (Å²) in [4.78, 5) is 38.3. The molecule has 0 heterocycles. The molecule has 1 aromatic carbocycles. The predicted octanol–water partition coefficient (Wildman–Crippen LogP) is 0.899. The van der Waals surface area contributed by atoms with E-state index in [1.165, 1.54) is 14.0 Å². The molecule has 1 rings (SSSR count). The van der Waals surface area contributed by atoms with Crippen LogP contribution in [0.4, 0.5) is 0 Å². The number of hydrogen-bond donors (Lipinski definition) is 1. The number of ether oxygens (including phenoxy) is 2. The minimum Gasteiger partial charge on any atom is -0.459 e. The summed E-state index contributed by atoms with van der Waals surface area (Å²) >= 11 is 0. The van der Waals surface area contributed by atoms with E-state index in [9.17, 15) is 14.4 Å². The van der Waals surface area contributed by atoms with Crippen LogP contribution in [0.1, 0.15) is 25.3 Å². The van der Waals surface area contributed by atoms with Gasteiger partial charge in [0, 0.05) is 13.5 Å². The first-order valence-electron chi connectivity index (χ1n) is 7.72. The van der Waals surface area contributed by atoms with Gasteiger partial charge in [-0.2, -0.15) is 4.79 Å². The number of amides is 1. The summed E-state index contributed by atoms with van der Waals surface area (Å²) in [6.45, 7) is 1.59. The molecule has 0 aliphatic heterocycles. The van der Waals surface area contributed by atoms with Gasteiger partial charge in [0.05, 0.1) is 0 Å². The summed E-state index contributed by atoms with van der Waals surface area (Å²) in [6.07, 6.45) is -0.0807. The smallest absolute Gasteiger partial charge is 0.328 e. The Hall–Kier alpha value is -2.83. The number of nitrogens with zero attached hydrogens (tertiary/aromatic N) is 2. The van der Waals surface area contributed by atoms with Crippen LogP contribution in [0, 0.1) is 0 Å². The van der Waals surface area contributed by atoms with Crippen LogP contribution < -0.4 is 5.32 Å². The molecule has 8 nitrogen and oxygen atoms in total. The molecule has 0 aliphatic carbocycles. The molecule has 25 heavy (non-hydrogen) atoms. The van der Waals surface area contributed by atoms with Crippen molar-refractivity contribution in [2.45, 2.75) is 38.5 Å². The van der Waals surface area contributed by atoms with E-state index in [1.807, 2.05) is 18.2 Å². The molecule has 0 saturated heterocycles. The lowest BCUT2D eigenvalue weighted by Crippen LogP contribution is -2.46. The van der Waals surface area contributed by atoms with Crippen LogP contribution in [0.15, 0.2) is 30.3 Å². The van der Waals surface area contributed by atoms with Crippen LogP contribution in [-0.4, -0.2) is 47.9 Å². The summed E-state index contributed by atoms with van der Waals surface area (Å²) in [6, 6.07) is 8.06. The number of carbonyl (C=O) groups excluding carboxylic acids is 3. The molecule has 2 atom stereocenters. The van der Waals surface area contributed by atoms with Crippen molar-refractivity contribution in [3.8, 4) is 0 Å². The maximum Gasteiger partial charge on any atom is 0.328 e. The Morgan fingerprint density at radius 1 is 1.28 bits per heavy atom. The highest BCUT2D eigenvalue weighted by Crippen LogP contribution is 2.06. The average Bonchev–Trinajstić information content (AvgIpc) is 2.63. The van der Waals surface area contributed by atoms with Crippen molar-refractivity contribution >= 4 is 23.9 Å². The molecule has 0 fully saturated rings. The molecule has 1 amide bonds. The largest absolute Gasteiger partial charge is 0.459 e. The van der Waals surface area contributed by atoms with Crippen molar-refractivity contribution in [3.05, 3.63) is 41.4 Å². The van der Waals surface area contributed by atoms with E-state index in [-0.39, 0.29) is 19.4 Å². The summed E-state index contributed by atoms with van der Waals surface area (Å²) in [7, 11) is 1.37. The lowest BCUT2D eigenvalue weighted by atomic mass is 10.1. The fourth-order valence-electron chi connectivity index (χ4n) is 1.89. The van der Waals surface area contributed by atoms with Gasteiger partial charge in [-0.15, -0.1) is 0 Å². The van der Waals surface area contributed by atoms with Gasteiger partial charge in [-0.05, 0) is 18.9 Å². The number of methoxy groups -OCH3 is 1. The second-order valence-electron chi connectivity index (χ2n) is 5.28. The number of hydrogen-bond acceptors (Lipinski definition) is 5. The van der Waals surface area contributed by atoms with Gasteiger partial charge in [0.15, 0.2) is 0 Å². The van der Waals surface area contributed by atoms with Gasteiger partial charge < -0.3 is 20.3 Å². The van der Waals surface area contributed by atoms with Crippen molar-refractivity contribution in [2.24, 2.45) is 0 Å². The molecule has 1 N–H and O–H groups in total. The van der Waals surface area contributed by atoms with Crippen molar-refractivity contribution in [1.29, 1.82) is 0 Å². The highest BCUT2D eigenvalue weighted by molar-refractivity contribution is 6.25. The number of nitrogens with one attached hydrogen (secondary N) is 1. The van der Waals surface area contributed by atoms with E-state index in [4.69, 9.17) is 15.0 Å². The topological polar surface area (TPSA) is 118 Å². The van der Waals surface area contributed by atoms with Gasteiger partial charge in [0.2, 0.25) is 11.7 Å². The number of ketones is 1. The second-order valence-corrected chi connectivity index (χ2v) is 5.28. The van der Waals surface area contributed by atoms with Gasteiger partial charge in [0.25, 0.3) is 0 Å². The highest BCUT2D eigenvalue weighted by Gasteiger charge is 2.25. The standard InChI is InChI=1S/C17H21N3O5/c1-12(24-2)16(22)20-15(9-8-14(21)10-19-18)17(23)25-11-13-6-4-3-5-7-13/h3-7,10,12,15H,8-9,11H2,1-2H3,(H,20,22)/t12-,15-/m0/s1. The maximum absolute atomic E-state index is 12.3. The Morgan fingerprint density at radius 2 is 1.96 bits per heavy atom. The molecule has 0 aromatic heterocycles. The second kappa shape index (κ2) is 10.9. The Bertz CT molecular complexity index is 641. The molecule has 0 radical (unpaired) electrons. The quantitative estimate of drug-likeness (QED) is 0.292. The first kappa shape index (κ1) is 20.2. The fourth-order valence-corrected chi connectivity index (χ4v) is 1.89. The van der Waals surface area contributed by atoms with Crippen molar-refractivity contribution in [2.75, 3.05) is 7.11 Å². The Morgan fingerprint density at radius 3 is 2.56 bits per heavy atom. The van der Waals surface area contributed by atoms with Crippen molar-refractivity contribution in [1.82, 2.24) is 5.32 Å². The minimum atomic E-state index is -1.01. The first-order valence-corrected chi connectivity index (χ1v) is 7.72. The molecular formula is C17H21N3O5. The van der Waals surface area contributed by atoms with Gasteiger partial charge in [-0.1, -0.05) is 30.3 Å². The predicted molar refractivity (Wildman–Crippen MR) is 88.6 cm³/mol. The third-order valence-electron chi connectivity index (χ3n) is 3.43. The maximum atomic E-state index is 12.3. The Balaban J connectivity index is 2.70. The molecule has 0 aliphatic rings. The van der Waals surface area contributed by atoms with Crippen molar-refractivity contribution in [3.63, 3.8) is 0 Å². The van der Waals surface area contributed by atoms with Crippen LogP contribution in [0.5, 0.6) is 0 Å². The minimum absolute atomic E-state index is 0.0145. The Kier molecular flexibility index (Phi) is 8.78. The fraction of sp³-hybridized carbons (Fsp3) is 0.412. The molecule has 0 saturated carbocycles. The number of Topliss-reactive ketones (excluding diaryl/α,β-unsaturated/α-hetero) is 1. The third-order valence-corrected chi connectivity index (χ3v) is 3.43. The monoisotopic (exact) mass is 347 g/mol. The molecule has 1 aromatic rings. The van der Waals surface area contributed by atoms with Gasteiger partial charge in [0.1, 0.15) is 18.8 Å². The summed E-state index contributed by atoms with van der Waals surface area (Å²) in [5.74, 6) is -1.63. The van der Waals surface area contributed by atoms with E-state index in [0.717, 1.165) is 11.8 Å². The van der Waals surface area contributed by atoms with Crippen LogP contribution in [-0.2, 0) is 30.5 Å². The van der Waals surface area contributed by atoms with Crippen LogP contribution in [0.25, 0.3) is 5.53 Å². The molecule has 134 valence electrons.